The first-order valence-corrected chi connectivity index (χ1v) is 7.45. The fourth-order valence-electron chi connectivity index (χ4n) is 2.17. The Morgan fingerprint density at radius 3 is 2.53 bits per heavy atom. The lowest BCUT2D eigenvalue weighted by Crippen LogP contribution is -2.48. The molecule has 0 bridgehead atoms. The molecule has 0 unspecified atom stereocenters. The molecule has 0 aromatic heterocycles. The van der Waals surface area contributed by atoms with Gasteiger partial charge in [-0.25, -0.2) is 12.8 Å². The van der Waals surface area contributed by atoms with Gasteiger partial charge in [-0.15, -0.1) is 0 Å². The average Bonchev–Trinajstić information content (AvgIpc) is 2.24. The predicted molar refractivity (Wildman–Crippen MR) is 64.9 cm³/mol. The van der Waals surface area contributed by atoms with Crippen molar-refractivity contribution in [2.24, 2.45) is 5.73 Å². The minimum absolute atomic E-state index is 0.138. The van der Waals surface area contributed by atoms with Gasteiger partial charge in [0.15, 0.2) is 0 Å². The van der Waals surface area contributed by atoms with Crippen LogP contribution >= 0.6 is 0 Å². The van der Waals surface area contributed by atoms with Gasteiger partial charge in [0.25, 0.3) is 0 Å². The number of hydrogen-bond donors (Lipinski definition) is 1. The summed E-state index contributed by atoms with van der Waals surface area (Å²) < 4.78 is 35.7. The molecule has 5 heteroatoms. The zero-order chi connectivity index (χ0) is 12.5. The molecule has 0 spiro atoms. The summed E-state index contributed by atoms with van der Waals surface area (Å²) in [6.45, 7) is 0. The van der Waals surface area contributed by atoms with Crippen molar-refractivity contribution in [3.05, 3.63) is 35.6 Å². The van der Waals surface area contributed by atoms with Crippen LogP contribution in [-0.4, -0.2) is 25.5 Å². The topological polar surface area (TPSA) is 60.2 Å². The molecule has 1 aromatic rings. The van der Waals surface area contributed by atoms with E-state index in [1.165, 1.54) is 12.1 Å². The standard InChI is InChI=1S/C12H16FNO2S/c13-11-3-1-2-10(8-11)9-12(14)4-6-17(15,16)7-5-12/h1-3,8H,4-7,9,14H2. The fraction of sp³-hybridized carbons (Fsp3) is 0.500. The van der Waals surface area contributed by atoms with Crippen LogP contribution in [0.25, 0.3) is 0 Å². The Labute approximate surface area is 101 Å². The quantitative estimate of drug-likeness (QED) is 0.868. The van der Waals surface area contributed by atoms with Crippen molar-refractivity contribution < 1.29 is 12.8 Å². The maximum atomic E-state index is 13.0. The molecule has 0 aliphatic carbocycles. The first-order valence-electron chi connectivity index (χ1n) is 5.62. The molecule has 1 saturated heterocycles. The Morgan fingerprint density at radius 1 is 1.29 bits per heavy atom. The highest BCUT2D eigenvalue weighted by molar-refractivity contribution is 7.91. The molecule has 94 valence electrons. The average molecular weight is 257 g/mol. The summed E-state index contributed by atoms with van der Waals surface area (Å²) in [5.41, 5.74) is 6.49. The third-order valence-electron chi connectivity index (χ3n) is 3.27. The highest BCUT2D eigenvalue weighted by atomic mass is 32.2. The number of hydrogen-bond acceptors (Lipinski definition) is 3. The maximum absolute atomic E-state index is 13.0. The molecule has 1 fully saturated rings. The van der Waals surface area contributed by atoms with Crippen LogP contribution in [-0.2, 0) is 16.3 Å². The normalized spacial score (nSPS) is 22.2. The number of rotatable bonds is 2. The minimum Gasteiger partial charge on any atom is -0.325 e. The van der Waals surface area contributed by atoms with Gasteiger partial charge >= 0.3 is 0 Å². The van der Waals surface area contributed by atoms with E-state index in [-0.39, 0.29) is 17.3 Å². The van der Waals surface area contributed by atoms with E-state index in [1.54, 1.807) is 6.07 Å². The lowest BCUT2D eigenvalue weighted by Gasteiger charge is -2.33. The molecular weight excluding hydrogens is 241 g/mol. The summed E-state index contributed by atoms with van der Waals surface area (Å²) in [6.07, 6.45) is 1.43. The van der Waals surface area contributed by atoms with E-state index in [4.69, 9.17) is 5.73 Å². The van der Waals surface area contributed by atoms with E-state index >= 15 is 0 Å². The second kappa shape index (κ2) is 4.38. The maximum Gasteiger partial charge on any atom is 0.150 e. The molecule has 1 aromatic carbocycles. The van der Waals surface area contributed by atoms with Crippen LogP contribution < -0.4 is 5.73 Å². The molecular formula is C12H16FNO2S. The monoisotopic (exact) mass is 257 g/mol. The van der Waals surface area contributed by atoms with E-state index < -0.39 is 15.4 Å². The third kappa shape index (κ3) is 3.26. The van der Waals surface area contributed by atoms with Crippen LogP contribution in [0.5, 0.6) is 0 Å². The second-order valence-corrected chi connectivity index (χ2v) is 7.12. The van der Waals surface area contributed by atoms with E-state index in [1.807, 2.05) is 6.07 Å². The largest absolute Gasteiger partial charge is 0.325 e. The second-order valence-electron chi connectivity index (χ2n) is 4.82. The van der Waals surface area contributed by atoms with Gasteiger partial charge in [0.2, 0.25) is 0 Å². The third-order valence-corrected chi connectivity index (χ3v) is 4.92. The van der Waals surface area contributed by atoms with Gasteiger partial charge in [-0.2, -0.15) is 0 Å². The molecule has 0 saturated carbocycles. The fourth-order valence-corrected chi connectivity index (χ4v) is 3.81. The Bertz CT molecular complexity index is 499. The van der Waals surface area contributed by atoms with Gasteiger partial charge in [0.05, 0.1) is 11.5 Å². The van der Waals surface area contributed by atoms with Crippen molar-refractivity contribution in [3.63, 3.8) is 0 Å². The van der Waals surface area contributed by atoms with Crippen LogP contribution in [0.2, 0.25) is 0 Å². The van der Waals surface area contributed by atoms with Crippen molar-refractivity contribution in [2.45, 2.75) is 24.8 Å². The first-order chi connectivity index (χ1) is 7.89. The number of sulfone groups is 1. The summed E-state index contributed by atoms with van der Waals surface area (Å²) in [5.74, 6) is -0.00741. The number of halogens is 1. The Balaban J connectivity index is 2.09. The first kappa shape index (κ1) is 12.5. The summed E-state index contributed by atoms with van der Waals surface area (Å²) >= 11 is 0. The minimum atomic E-state index is -2.91. The lowest BCUT2D eigenvalue weighted by molar-refractivity contribution is 0.379. The number of benzene rings is 1. The van der Waals surface area contributed by atoms with Gasteiger partial charge in [-0.05, 0) is 37.0 Å². The van der Waals surface area contributed by atoms with Gasteiger partial charge < -0.3 is 5.73 Å². The Kier molecular flexibility index (Phi) is 3.23. The van der Waals surface area contributed by atoms with Gasteiger partial charge in [0, 0.05) is 5.54 Å². The lowest BCUT2D eigenvalue weighted by atomic mass is 9.86. The van der Waals surface area contributed by atoms with Crippen molar-refractivity contribution >= 4 is 9.84 Å². The van der Waals surface area contributed by atoms with E-state index in [0.717, 1.165) is 5.56 Å². The summed E-state index contributed by atoms with van der Waals surface area (Å²) in [7, 11) is -2.91. The zero-order valence-corrected chi connectivity index (χ0v) is 10.3. The Morgan fingerprint density at radius 2 is 1.94 bits per heavy atom. The molecule has 0 amide bonds. The molecule has 2 N–H and O–H groups in total. The van der Waals surface area contributed by atoms with E-state index in [0.29, 0.717) is 19.3 Å². The highest BCUT2D eigenvalue weighted by Crippen LogP contribution is 2.25. The summed E-state index contributed by atoms with van der Waals surface area (Å²) in [6, 6.07) is 6.31. The van der Waals surface area contributed by atoms with Gasteiger partial charge in [0.1, 0.15) is 15.7 Å². The molecule has 0 radical (unpaired) electrons. The molecule has 1 aliphatic rings. The van der Waals surface area contributed by atoms with Crippen LogP contribution in [0.15, 0.2) is 24.3 Å². The highest BCUT2D eigenvalue weighted by Gasteiger charge is 2.33. The van der Waals surface area contributed by atoms with Crippen LogP contribution in [0.1, 0.15) is 18.4 Å². The van der Waals surface area contributed by atoms with E-state index in [2.05, 4.69) is 0 Å². The molecule has 2 rings (SSSR count). The molecule has 3 nitrogen and oxygen atoms in total. The van der Waals surface area contributed by atoms with E-state index in [9.17, 15) is 12.8 Å². The smallest absolute Gasteiger partial charge is 0.150 e. The SMILES string of the molecule is NC1(Cc2cccc(F)c2)CCS(=O)(=O)CC1. The van der Waals surface area contributed by atoms with Crippen molar-refractivity contribution in [1.29, 1.82) is 0 Å². The van der Waals surface area contributed by atoms with Crippen molar-refractivity contribution in [1.82, 2.24) is 0 Å². The van der Waals surface area contributed by atoms with Crippen LogP contribution in [0, 0.1) is 5.82 Å². The molecule has 1 aliphatic heterocycles. The summed E-state index contributed by atoms with van der Waals surface area (Å²) in [4.78, 5) is 0. The van der Waals surface area contributed by atoms with Gasteiger partial charge in [-0.3, -0.25) is 0 Å². The Hall–Kier alpha value is -0.940. The molecule has 17 heavy (non-hydrogen) atoms. The number of nitrogens with two attached hydrogens (primary N) is 1. The molecule has 0 atom stereocenters. The van der Waals surface area contributed by atoms with Crippen LogP contribution in [0.3, 0.4) is 0 Å². The van der Waals surface area contributed by atoms with Gasteiger partial charge in [-0.1, -0.05) is 12.1 Å². The predicted octanol–water partition coefficient (Wildman–Crippen LogP) is 1.27. The van der Waals surface area contributed by atoms with Crippen molar-refractivity contribution in [3.8, 4) is 0 Å². The summed E-state index contributed by atoms with van der Waals surface area (Å²) in [5, 5.41) is 0. The van der Waals surface area contributed by atoms with Crippen LogP contribution in [0.4, 0.5) is 4.39 Å². The van der Waals surface area contributed by atoms with Crippen molar-refractivity contribution in [2.75, 3.05) is 11.5 Å². The zero-order valence-electron chi connectivity index (χ0n) is 9.52. The molecule has 1 heterocycles.